The normalized spacial score (nSPS) is 10.9. The largest absolute Gasteiger partial charge is 0.375 e. The molecule has 12 heavy (non-hydrogen) atoms. The number of hydrogen-bond donors (Lipinski definition) is 1. The molecule has 1 aromatic heterocycles. The Morgan fingerprint density at radius 2 is 2.25 bits per heavy atom. The van der Waals surface area contributed by atoms with E-state index in [1.54, 1.807) is 0 Å². The first kappa shape index (κ1) is 9.45. The molecule has 0 fully saturated rings. The van der Waals surface area contributed by atoms with Crippen molar-refractivity contribution in [3.63, 3.8) is 0 Å². The first-order valence-corrected chi connectivity index (χ1v) is 3.91. The van der Waals surface area contributed by atoms with E-state index in [0.717, 1.165) is 0 Å². The van der Waals surface area contributed by atoms with Gasteiger partial charge in [0.25, 0.3) is 0 Å². The smallest absolute Gasteiger partial charge is 0.134 e. The summed E-state index contributed by atoms with van der Waals surface area (Å²) >= 11 is 11.5. The molecule has 0 aromatic carbocycles. The molecule has 0 amide bonds. The Hall–Kier alpha value is -0.640. The maximum absolute atomic E-state index is 8.39. The quantitative estimate of drug-likeness (QED) is 0.747. The Bertz CT molecular complexity index is 301. The maximum atomic E-state index is 8.39. The fourth-order valence-electron chi connectivity index (χ4n) is 0.663. The van der Waals surface area contributed by atoms with Crippen molar-refractivity contribution in [1.29, 1.82) is 0 Å². The van der Waals surface area contributed by atoms with Gasteiger partial charge < -0.3 is 5.11 Å². The van der Waals surface area contributed by atoms with Gasteiger partial charge in [-0.3, -0.25) is 9.98 Å². The Labute approximate surface area is 79.7 Å². The zero-order valence-corrected chi connectivity index (χ0v) is 7.55. The number of hydrogen-bond acceptors (Lipinski definition) is 3. The summed E-state index contributed by atoms with van der Waals surface area (Å²) < 4.78 is 0. The van der Waals surface area contributed by atoms with E-state index in [2.05, 4.69) is 9.98 Å². The first-order chi connectivity index (χ1) is 5.75. The van der Waals surface area contributed by atoms with Gasteiger partial charge in [-0.2, -0.15) is 0 Å². The van der Waals surface area contributed by atoms with E-state index < -0.39 is 0 Å². The van der Waals surface area contributed by atoms with Crippen molar-refractivity contribution in [2.75, 3.05) is 6.73 Å². The highest BCUT2D eigenvalue weighted by atomic mass is 35.5. The van der Waals surface area contributed by atoms with Gasteiger partial charge in [-0.05, 0) is 0 Å². The van der Waals surface area contributed by atoms with Crippen molar-refractivity contribution >= 4 is 29.4 Å². The Morgan fingerprint density at radius 3 is 2.92 bits per heavy atom. The summed E-state index contributed by atoms with van der Waals surface area (Å²) in [5, 5.41) is 9.16. The van der Waals surface area contributed by atoms with E-state index in [4.69, 9.17) is 28.3 Å². The summed E-state index contributed by atoms with van der Waals surface area (Å²) in [7, 11) is 0. The van der Waals surface area contributed by atoms with E-state index in [0.29, 0.717) is 15.6 Å². The van der Waals surface area contributed by atoms with Crippen molar-refractivity contribution in [2.24, 2.45) is 4.99 Å². The topological polar surface area (TPSA) is 45.5 Å². The summed E-state index contributed by atoms with van der Waals surface area (Å²) in [5.74, 6) is 0. The van der Waals surface area contributed by atoms with E-state index >= 15 is 0 Å². The van der Waals surface area contributed by atoms with Gasteiger partial charge in [-0.25, -0.2) is 0 Å². The average molecular weight is 205 g/mol. The maximum Gasteiger partial charge on any atom is 0.134 e. The third-order valence-electron chi connectivity index (χ3n) is 1.18. The Balaban J connectivity index is 3.00. The van der Waals surface area contributed by atoms with Gasteiger partial charge in [0.2, 0.25) is 0 Å². The van der Waals surface area contributed by atoms with Gasteiger partial charge in [0.15, 0.2) is 0 Å². The van der Waals surface area contributed by atoms with Crippen LogP contribution in [0.4, 0.5) is 0 Å². The fraction of sp³-hybridized carbons (Fsp3) is 0.143. The Morgan fingerprint density at radius 1 is 1.50 bits per heavy atom. The highest BCUT2D eigenvalue weighted by molar-refractivity contribution is 6.43. The molecule has 0 atom stereocenters. The third kappa shape index (κ3) is 2.17. The summed E-state index contributed by atoms with van der Waals surface area (Å²) in [6.45, 7) is -0.275. The summed E-state index contributed by atoms with van der Waals surface area (Å²) in [4.78, 5) is 7.40. The number of aliphatic hydroxyl groups excluding tert-OH is 1. The molecular formula is C7H6Cl2N2O. The van der Waals surface area contributed by atoms with Crippen molar-refractivity contribution in [3.05, 3.63) is 28.0 Å². The van der Waals surface area contributed by atoms with Gasteiger partial charge in [0, 0.05) is 24.2 Å². The highest BCUT2D eigenvalue weighted by Crippen LogP contribution is 2.22. The van der Waals surface area contributed by atoms with Crippen molar-refractivity contribution in [2.45, 2.75) is 0 Å². The number of aliphatic imine (C=N–C) groups is 1. The minimum atomic E-state index is -0.275. The zero-order valence-electron chi connectivity index (χ0n) is 6.04. The monoisotopic (exact) mass is 204 g/mol. The molecule has 0 spiro atoms. The van der Waals surface area contributed by atoms with Crippen LogP contribution in [0.1, 0.15) is 5.56 Å². The first-order valence-electron chi connectivity index (χ1n) is 3.15. The molecule has 5 heteroatoms. The summed E-state index contributed by atoms with van der Waals surface area (Å²) in [6, 6.07) is 0. The predicted molar refractivity (Wildman–Crippen MR) is 48.9 cm³/mol. The molecule has 0 aliphatic carbocycles. The molecule has 3 nitrogen and oxygen atoms in total. The molecule has 1 aromatic rings. The molecule has 0 bridgehead atoms. The summed E-state index contributed by atoms with van der Waals surface area (Å²) in [6.07, 6.45) is 4.38. The van der Waals surface area contributed by atoms with Crippen LogP contribution in [0.25, 0.3) is 0 Å². The predicted octanol–water partition coefficient (Wildman–Crippen LogP) is 1.76. The van der Waals surface area contributed by atoms with Crippen LogP contribution in [0.3, 0.4) is 0 Å². The lowest BCUT2D eigenvalue weighted by Crippen LogP contribution is -1.87. The fourth-order valence-corrected chi connectivity index (χ4v) is 0.975. The average Bonchev–Trinajstić information content (AvgIpc) is 2.08. The Kier molecular flexibility index (Phi) is 3.47. The van der Waals surface area contributed by atoms with E-state index in [-0.39, 0.29) is 6.73 Å². The zero-order chi connectivity index (χ0) is 8.97. The van der Waals surface area contributed by atoms with Crippen molar-refractivity contribution in [1.82, 2.24) is 4.98 Å². The molecule has 0 saturated heterocycles. The molecule has 1 rings (SSSR count). The van der Waals surface area contributed by atoms with Crippen LogP contribution >= 0.6 is 23.2 Å². The van der Waals surface area contributed by atoms with Crippen LogP contribution in [-0.2, 0) is 0 Å². The van der Waals surface area contributed by atoms with Gasteiger partial charge in [0.1, 0.15) is 6.73 Å². The number of rotatable bonds is 2. The second kappa shape index (κ2) is 4.40. The second-order valence-corrected chi connectivity index (χ2v) is 2.76. The van der Waals surface area contributed by atoms with Gasteiger partial charge >= 0.3 is 0 Å². The molecular weight excluding hydrogens is 199 g/mol. The van der Waals surface area contributed by atoms with E-state index in [9.17, 15) is 0 Å². The number of halogens is 2. The van der Waals surface area contributed by atoms with Crippen LogP contribution in [0.5, 0.6) is 0 Å². The van der Waals surface area contributed by atoms with Crippen molar-refractivity contribution in [3.8, 4) is 0 Å². The third-order valence-corrected chi connectivity index (χ3v) is 1.98. The van der Waals surface area contributed by atoms with E-state index in [1.807, 2.05) is 0 Å². The summed E-state index contributed by atoms with van der Waals surface area (Å²) in [5.41, 5.74) is 0.596. The number of nitrogens with zero attached hydrogens (tertiary/aromatic N) is 2. The number of pyridine rings is 1. The van der Waals surface area contributed by atoms with Gasteiger partial charge in [-0.1, -0.05) is 23.2 Å². The van der Waals surface area contributed by atoms with E-state index in [1.165, 1.54) is 18.6 Å². The highest BCUT2D eigenvalue weighted by Gasteiger charge is 2.01. The molecule has 0 unspecified atom stereocenters. The molecule has 0 aliphatic rings. The molecule has 0 aliphatic heterocycles. The molecule has 64 valence electrons. The lowest BCUT2D eigenvalue weighted by atomic mass is 10.3. The van der Waals surface area contributed by atoms with Crippen LogP contribution < -0.4 is 0 Å². The number of aromatic nitrogens is 1. The minimum absolute atomic E-state index is 0.275. The van der Waals surface area contributed by atoms with Crippen LogP contribution in [-0.4, -0.2) is 23.0 Å². The van der Waals surface area contributed by atoms with Gasteiger partial charge in [0.05, 0.1) is 10.0 Å². The number of aliphatic hydroxyl groups is 1. The minimum Gasteiger partial charge on any atom is -0.375 e. The lowest BCUT2D eigenvalue weighted by Gasteiger charge is -1.97. The molecule has 0 saturated carbocycles. The SMILES string of the molecule is OC/N=C/c1cncc(Cl)c1Cl. The van der Waals surface area contributed by atoms with Crippen LogP contribution in [0.15, 0.2) is 17.4 Å². The lowest BCUT2D eigenvalue weighted by molar-refractivity contribution is 0.310. The molecule has 1 N–H and O–H groups in total. The van der Waals surface area contributed by atoms with Crippen LogP contribution in [0.2, 0.25) is 10.0 Å². The molecule has 1 heterocycles. The molecule has 0 radical (unpaired) electrons. The van der Waals surface area contributed by atoms with Crippen LogP contribution in [0, 0.1) is 0 Å². The standard InChI is InChI=1S/C7H6Cl2N2O/c8-6-3-10-1-5(7(6)9)2-11-4-12/h1-3,12H,4H2/b11-2+. The second-order valence-electron chi connectivity index (χ2n) is 1.98. The van der Waals surface area contributed by atoms with Gasteiger partial charge in [-0.15, -0.1) is 0 Å². The van der Waals surface area contributed by atoms with Crippen molar-refractivity contribution < 1.29 is 5.11 Å².